The molecule has 2 aromatic rings. The van der Waals surface area contributed by atoms with Crippen LogP contribution in [0.25, 0.3) is 11.0 Å². The number of aliphatic hydroxyl groups is 1. The molecule has 0 saturated carbocycles. The van der Waals surface area contributed by atoms with Gasteiger partial charge in [-0.1, -0.05) is 12.1 Å². The number of aliphatic hydroxyl groups excluding tert-OH is 1. The van der Waals surface area contributed by atoms with Gasteiger partial charge in [0.15, 0.2) is 0 Å². The van der Waals surface area contributed by atoms with Crippen LogP contribution in [0.1, 0.15) is 26.1 Å². The molecule has 1 aromatic heterocycles. The second-order valence-electron chi connectivity index (χ2n) is 5.38. The molecule has 0 aliphatic heterocycles. The fourth-order valence-corrected chi connectivity index (χ4v) is 2.10. The first-order chi connectivity index (χ1) is 8.51. The second kappa shape index (κ2) is 5.08. The Kier molecular flexibility index (Phi) is 3.68. The quantitative estimate of drug-likeness (QED) is 0.845. The maximum atomic E-state index is 9.18. The predicted octanol–water partition coefficient (Wildman–Crippen LogP) is 1.70. The van der Waals surface area contributed by atoms with E-state index in [0.29, 0.717) is 6.54 Å². The van der Waals surface area contributed by atoms with Gasteiger partial charge in [0, 0.05) is 18.5 Å². The summed E-state index contributed by atoms with van der Waals surface area (Å²) in [5.74, 6) is 1.00. The second-order valence-corrected chi connectivity index (χ2v) is 5.38. The maximum absolute atomic E-state index is 9.18. The lowest BCUT2D eigenvalue weighted by molar-refractivity contribution is 0.275. The zero-order chi connectivity index (χ0) is 13.2. The van der Waals surface area contributed by atoms with Gasteiger partial charge in [-0.3, -0.25) is 0 Å². The number of nitrogens with zero attached hydrogens (tertiary/aromatic N) is 2. The largest absolute Gasteiger partial charge is 0.395 e. The van der Waals surface area contributed by atoms with Crippen molar-refractivity contribution >= 4 is 11.0 Å². The Bertz CT molecular complexity index is 525. The summed E-state index contributed by atoms with van der Waals surface area (Å²) in [5, 5.41) is 9.18. The number of rotatable bonds is 5. The summed E-state index contributed by atoms with van der Waals surface area (Å²) in [6.07, 6.45) is 1.71. The zero-order valence-corrected chi connectivity index (χ0v) is 11.1. The van der Waals surface area contributed by atoms with Crippen LogP contribution < -0.4 is 5.73 Å². The van der Waals surface area contributed by atoms with E-state index in [0.717, 1.165) is 29.7 Å². The van der Waals surface area contributed by atoms with Crippen LogP contribution in [0.15, 0.2) is 24.3 Å². The van der Waals surface area contributed by atoms with Crippen molar-refractivity contribution in [2.45, 2.75) is 38.8 Å². The monoisotopic (exact) mass is 247 g/mol. The molecule has 0 unspecified atom stereocenters. The molecule has 4 nitrogen and oxygen atoms in total. The number of nitrogens with two attached hydrogens (primary N) is 1. The highest BCUT2D eigenvalue weighted by atomic mass is 16.3. The van der Waals surface area contributed by atoms with Crippen LogP contribution in [0, 0.1) is 0 Å². The van der Waals surface area contributed by atoms with E-state index in [1.807, 2.05) is 38.1 Å². The fraction of sp³-hybridized carbons (Fsp3) is 0.500. The van der Waals surface area contributed by atoms with Crippen LogP contribution in [0.2, 0.25) is 0 Å². The molecule has 0 aliphatic carbocycles. The van der Waals surface area contributed by atoms with Gasteiger partial charge in [-0.05, 0) is 32.4 Å². The van der Waals surface area contributed by atoms with Gasteiger partial charge >= 0.3 is 0 Å². The number of aromatic nitrogens is 2. The number of aryl methyl sites for hydroxylation is 1. The van der Waals surface area contributed by atoms with E-state index in [-0.39, 0.29) is 12.1 Å². The molecular formula is C14H21N3O. The number of para-hydroxylation sites is 2. The van der Waals surface area contributed by atoms with Crippen LogP contribution in [0.3, 0.4) is 0 Å². The number of imidazole rings is 1. The highest BCUT2D eigenvalue weighted by Gasteiger charge is 2.15. The normalized spacial score (nSPS) is 12.2. The van der Waals surface area contributed by atoms with Gasteiger partial charge in [0.2, 0.25) is 0 Å². The van der Waals surface area contributed by atoms with Gasteiger partial charge in [-0.25, -0.2) is 4.98 Å². The molecular weight excluding hydrogens is 226 g/mol. The summed E-state index contributed by atoms with van der Waals surface area (Å²) in [6.45, 7) is 4.75. The van der Waals surface area contributed by atoms with E-state index in [4.69, 9.17) is 5.73 Å². The minimum atomic E-state index is -0.192. The minimum Gasteiger partial charge on any atom is -0.395 e. The van der Waals surface area contributed by atoms with Crippen LogP contribution in [0.5, 0.6) is 0 Å². The third kappa shape index (κ3) is 2.89. The van der Waals surface area contributed by atoms with Crippen molar-refractivity contribution in [2.24, 2.45) is 5.73 Å². The SMILES string of the molecule is CC(C)(N)CCc1nc2ccccc2n1CCO. The molecule has 0 atom stereocenters. The topological polar surface area (TPSA) is 64.1 Å². The molecule has 0 amide bonds. The third-order valence-electron chi connectivity index (χ3n) is 3.05. The lowest BCUT2D eigenvalue weighted by Crippen LogP contribution is -2.32. The number of hydrogen-bond acceptors (Lipinski definition) is 3. The number of benzene rings is 1. The van der Waals surface area contributed by atoms with E-state index < -0.39 is 0 Å². The van der Waals surface area contributed by atoms with Crippen molar-refractivity contribution in [3.8, 4) is 0 Å². The summed E-state index contributed by atoms with van der Waals surface area (Å²) >= 11 is 0. The molecule has 1 aromatic carbocycles. The third-order valence-corrected chi connectivity index (χ3v) is 3.05. The molecule has 4 heteroatoms. The lowest BCUT2D eigenvalue weighted by Gasteiger charge is -2.18. The first-order valence-electron chi connectivity index (χ1n) is 6.35. The summed E-state index contributed by atoms with van der Waals surface area (Å²) in [6, 6.07) is 8.01. The molecule has 18 heavy (non-hydrogen) atoms. The maximum Gasteiger partial charge on any atom is 0.110 e. The Labute approximate surface area is 107 Å². The Morgan fingerprint density at radius 2 is 2.06 bits per heavy atom. The molecule has 3 N–H and O–H groups in total. The summed E-state index contributed by atoms with van der Waals surface area (Å²) < 4.78 is 2.08. The van der Waals surface area contributed by atoms with Gasteiger partial charge in [0.25, 0.3) is 0 Å². The standard InChI is InChI=1S/C14H21N3O/c1-14(2,15)8-7-13-16-11-5-3-4-6-12(11)17(13)9-10-18/h3-6,18H,7-10,15H2,1-2H3. The molecule has 0 bridgehead atoms. The molecule has 0 radical (unpaired) electrons. The number of hydrogen-bond donors (Lipinski definition) is 2. The van der Waals surface area contributed by atoms with Crippen molar-refractivity contribution in [2.75, 3.05) is 6.61 Å². The van der Waals surface area contributed by atoms with Crippen LogP contribution in [-0.2, 0) is 13.0 Å². The van der Waals surface area contributed by atoms with Gasteiger partial charge in [-0.15, -0.1) is 0 Å². The van der Waals surface area contributed by atoms with Crippen LogP contribution in [-0.4, -0.2) is 26.8 Å². The van der Waals surface area contributed by atoms with Crippen LogP contribution >= 0.6 is 0 Å². The molecule has 0 aliphatic rings. The lowest BCUT2D eigenvalue weighted by atomic mass is 10.00. The van der Waals surface area contributed by atoms with Crippen molar-refractivity contribution in [3.05, 3.63) is 30.1 Å². The van der Waals surface area contributed by atoms with Gasteiger partial charge in [0.1, 0.15) is 5.82 Å². The Morgan fingerprint density at radius 1 is 1.33 bits per heavy atom. The van der Waals surface area contributed by atoms with Crippen molar-refractivity contribution in [3.63, 3.8) is 0 Å². The minimum absolute atomic E-state index is 0.124. The van der Waals surface area contributed by atoms with Crippen LogP contribution in [0.4, 0.5) is 0 Å². The fourth-order valence-electron chi connectivity index (χ4n) is 2.10. The molecule has 0 fully saturated rings. The molecule has 0 spiro atoms. The summed E-state index contributed by atoms with van der Waals surface area (Å²) in [4.78, 5) is 4.63. The highest BCUT2D eigenvalue weighted by molar-refractivity contribution is 5.75. The first kappa shape index (κ1) is 13.1. The van der Waals surface area contributed by atoms with Gasteiger partial charge < -0.3 is 15.4 Å². The Balaban J connectivity index is 2.33. The Hall–Kier alpha value is -1.39. The molecule has 98 valence electrons. The van der Waals surface area contributed by atoms with Crippen molar-refractivity contribution in [1.82, 2.24) is 9.55 Å². The van der Waals surface area contributed by atoms with E-state index in [9.17, 15) is 5.11 Å². The molecule has 2 rings (SSSR count). The van der Waals surface area contributed by atoms with Crippen molar-refractivity contribution < 1.29 is 5.11 Å². The Morgan fingerprint density at radius 3 is 2.72 bits per heavy atom. The van der Waals surface area contributed by atoms with E-state index in [2.05, 4.69) is 9.55 Å². The predicted molar refractivity (Wildman–Crippen MR) is 73.4 cm³/mol. The smallest absolute Gasteiger partial charge is 0.110 e. The number of fused-ring (bicyclic) bond motifs is 1. The molecule has 1 heterocycles. The van der Waals surface area contributed by atoms with E-state index >= 15 is 0 Å². The average Bonchev–Trinajstić information content (AvgIpc) is 2.65. The van der Waals surface area contributed by atoms with Crippen molar-refractivity contribution in [1.29, 1.82) is 0 Å². The molecule has 0 saturated heterocycles. The highest BCUT2D eigenvalue weighted by Crippen LogP contribution is 2.18. The van der Waals surface area contributed by atoms with E-state index in [1.165, 1.54) is 0 Å². The average molecular weight is 247 g/mol. The summed E-state index contributed by atoms with van der Waals surface area (Å²) in [7, 11) is 0. The summed E-state index contributed by atoms with van der Waals surface area (Å²) in [5.41, 5.74) is 7.89. The first-order valence-corrected chi connectivity index (χ1v) is 6.35. The zero-order valence-electron chi connectivity index (χ0n) is 11.1. The van der Waals surface area contributed by atoms with E-state index in [1.54, 1.807) is 0 Å². The van der Waals surface area contributed by atoms with Gasteiger partial charge in [0.05, 0.1) is 17.6 Å². The van der Waals surface area contributed by atoms with Gasteiger partial charge in [-0.2, -0.15) is 0 Å².